The highest BCUT2D eigenvalue weighted by Crippen LogP contribution is 2.33. The quantitative estimate of drug-likeness (QED) is 0.770. The smallest absolute Gasteiger partial charge is 0.310 e. The van der Waals surface area contributed by atoms with Crippen molar-refractivity contribution in [2.75, 3.05) is 0 Å². The highest BCUT2D eigenvalue weighted by atomic mass is 19.4. The van der Waals surface area contributed by atoms with Gasteiger partial charge in [-0.15, -0.1) is 0 Å². The van der Waals surface area contributed by atoms with Crippen LogP contribution >= 0.6 is 0 Å². The Morgan fingerprint density at radius 2 is 1.92 bits per heavy atom. The van der Waals surface area contributed by atoms with Crippen molar-refractivity contribution in [1.82, 2.24) is 19.7 Å². The average Bonchev–Trinajstić information content (AvgIpc) is 3.23. The number of nitrogens with zero attached hydrogens (tertiary/aromatic N) is 3. The molecule has 2 heterocycles. The molecule has 1 fully saturated rings. The van der Waals surface area contributed by atoms with Crippen molar-refractivity contribution in [3.63, 3.8) is 0 Å². The maximum atomic E-state index is 13.2. The molecule has 1 aliphatic carbocycles. The predicted molar refractivity (Wildman–Crippen MR) is 89.9 cm³/mol. The van der Waals surface area contributed by atoms with Crippen molar-refractivity contribution in [2.45, 2.75) is 44.3 Å². The molecule has 26 heavy (non-hydrogen) atoms. The van der Waals surface area contributed by atoms with Crippen LogP contribution in [-0.2, 0) is 12.6 Å². The number of halogens is 3. The van der Waals surface area contributed by atoms with Gasteiger partial charge in [0.25, 0.3) is 5.56 Å². The molecule has 136 valence electrons. The molecule has 0 atom stereocenters. The predicted octanol–water partition coefficient (Wildman–Crippen LogP) is 3.84. The normalized spacial score (nSPS) is 15.8. The zero-order valence-electron chi connectivity index (χ0n) is 13.9. The van der Waals surface area contributed by atoms with E-state index < -0.39 is 11.7 Å². The van der Waals surface area contributed by atoms with E-state index in [0.29, 0.717) is 11.0 Å². The van der Waals surface area contributed by atoms with Crippen LogP contribution in [0.15, 0.2) is 35.3 Å². The van der Waals surface area contributed by atoms with Crippen LogP contribution in [0.5, 0.6) is 0 Å². The summed E-state index contributed by atoms with van der Waals surface area (Å²) in [5, 5.41) is 4.66. The monoisotopic (exact) mass is 362 g/mol. The standard InChI is InChI=1S/C18H17F3N4O/c19-18(20,21)14-8-4-1-5-11(14)9-15-23-16-13(17(26)24-15)10-22-25(16)12-6-2-3-7-12/h1,4-5,8,10,12H,2-3,6-7,9H2,(H,23,24,26). The molecule has 0 spiro atoms. The van der Waals surface area contributed by atoms with E-state index in [1.165, 1.54) is 18.3 Å². The minimum absolute atomic E-state index is 0.0782. The zero-order chi connectivity index (χ0) is 18.3. The summed E-state index contributed by atoms with van der Waals surface area (Å²) in [4.78, 5) is 19.4. The van der Waals surface area contributed by atoms with Gasteiger partial charge in [0, 0.05) is 6.42 Å². The zero-order valence-corrected chi connectivity index (χ0v) is 13.9. The molecule has 0 radical (unpaired) electrons. The Morgan fingerprint density at radius 1 is 1.19 bits per heavy atom. The average molecular weight is 362 g/mol. The van der Waals surface area contributed by atoms with Gasteiger partial charge in [-0.25, -0.2) is 9.67 Å². The lowest BCUT2D eigenvalue weighted by atomic mass is 10.0. The fourth-order valence-corrected chi connectivity index (χ4v) is 3.61. The number of H-pyrrole nitrogens is 1. The molecule has 0 amide bonds. The summed E-state index contributed by atoms with van der Waals surface area (Å²) in [6.07, 6.45) is 1.06. The van der Waals surface area contributed by atoms with Crippen LogP contribution in [0.2, 0.25) is 0 Å². The van der Waals surface area contributed by atoms with Crippen molar-refractivity contribution >= 4 is 11.0 Å². The first-order valence-corrected chi connectivity index (χ1v) is 8.55. The van der Waals surface area contributed by atoms with E-state index >= 15 is 0 Å². The molecular weight excluding hydrogens is 345 g/mol. The van der Waals surface area contributed by atoms with E-state index in [0.717, 1.165) is 31.7 Å². The molecule has 0 unspecified atom stereocenters. The maximum Gasteiger partial charge on any atom is 0.416 e. The highest BCUT2D eigenvalue weighted by Gasteiger charge is 2.33. The van der Waals surface area contributed by atoms with Gasteiger partial charge in [0.15, 0.2) is 5.65 Å². The molecule has 1 saturated carbocycles. The Hall–Kier alpha value is -2.64. The lowest BCUT2D eigenvalue weighted by Crippen LogP contribution is -2.16. The van der Waals surface area contributed by atoms with Gasteiger partial charge in [-0.05, 0) is 24.5 Å². The van der Waals surface area contributed by atoms with E-state index in [-0.39, 0.29) is 29.4 Å². The van der Waals surface area contributed by atoms with Crippen LogP contribution in [-0.4, -0.2) is 19.7 Å². The molecule has 5 nitrogen and oxygen atoms in total. The number of benzene rings is 1. The summed E-state index contributed by atoms with van der Waals surface area (Å²) in [7, 11) is 0. The number of rotatable bonds is 3. The minimum Gasteiger partial charge on any atom is -0.310 e. The second-order valence-electron chi connectivity index (χ2n) is 6.61. The fraction of sp³-hybridized carbons (Fsp3) is 0.389. The number of aromatic nitrogens is 4. The van der Waals surface area contributed by atoms with Gasteiger partial charge in [-0.2, -0.15) is 18.3 Å². The topological polar surface area (TPSA) is 63.6 Å². The molecule has 1 N–H and O–H groups in total. The van der Waals surface area contributed by atoms with E-state index in [4.69, 9.17) is 0 Å². The maximum absolute atomic E-state index is 13.2. The first-order chi connectivity index (χ1) is 12.4. The van der Waals surface area contributed by atoms with Crippen molar-refractivity contribution in [3.8, 4) is 0 Å². The van der Waals surface area contributed by atoms with Crippen LogP contribution in [0.1, 0.15) is 48.7 Å². The van der Waals surface area contributed by atoms with E-state index in [9.17, 15) is 18.0 Å². The van der Waals surface area contributed by atoms with Crippen LogP contribution in [0.3, 0.4) is 0 Å². The van der Waals surface area contributed by atoms with Gasteiger partial charge in [-0.3, -0.25) is 4.79 Å². The molecule has 0 bridgehead atoms. The third-order valence-electron chi connectivity index (χ3n) is 4.86. The number of hydrogen-bond acceptors (Lipinski definition) is 3. The molecule has 1 aromatic carbocycles. The van der Waals surface area contributed by atoms with Gasteiger partial charge < -0.3 is 4.98 Å². The first-order valence-electron chi connectivity index (χ1n) is 8.55. The Bertz CT molecular complexity index is 1000. The van der Waals surface area contributed by atoms with Gasteiger partial charge in [0.1, 0.15) is 11.2 Å². The van der Waals surface area contributed by atoms with Crippen molar-refractivity contribution in [2.24, 2.45) is 0 Å². The van der Waals surface area contributed by atoms with Crippen LogP contribution in [0.25, 0.3) is 11.0 Å². The Kier molecular flexibility index (Phi) is 4.05. The van der Waals surface area contributed by atoms with Gasteiger partial charge in [0.2, 0.25) is 0 Å². The molecule has 2 aromatic heterocycles. The molecule has 0 aliphatic heterocycles. The van der Waals surface area contributed by atoms with Gasteiger partial charge >= 0.3 is 6.18 Å². The summed E-state index contributed by atoms with van der Waals surface area (Å²) in [6, 6.07) is 5.53. The highest BCUT2D eigenvalue weighted by molar-refractivity contribution is 5.73. The third-order valence-corrected chi connectivity index (χ3v) is 4.86. The molecule has 0 saturated heterocycles. The molecule has 8 heteroatoms. The summed E-state index contributed by atoms with van der Waals surface area (Å²) >= 11 is 0. The summed E-state index contributed by atoms with van der Waals surface area (Å²) in [6.45, 7) is 0. The number of nitrogens with one attached hydrogen (secondary N) is 1. The van der Waals surface area contributed by atoms with Crippen LogP contribution < -0.4 is 5.56 Å². The lowest BCUT2D eigenvalue weighted by molar-refractivity contribution is -0.138. The summed E-state index contributed by atoms with van der Waals surface area (Å²) in [5.41, 5.74) is -0.569. The van der Waals surface area contributed by atoms with Crippen LogP contribution in [0.4, 0.5) is 13.2 Å². The van der Waals surface area contributed by atoms with Gasteiger partial charge in [0.05, 0.1) is 17.8 Å². The number of aromatic amines is 1. The number of hydrogen-bond donors (Lipinski definition) is 1. The van der Waals surface area contributed by atoms with Gasteiger partial charge in [-0.1, -0.05) is 31.0 Å². The Morgan fingerprint density at radius 3 is 2.65 bits per heavy atom. The molecule has 4 rings (SSSR count). The Labute approximate surface area is 146 Å². The van der Waals surface area contributed by atoms with Crippen molar-refractivity contribution < 1.29 is 13.2 Å². The largest absolute Gasteiger partial charge is 0.416 e. The SMILES string of the molecule is O=c1[nH]c(Cc2ccccc2C(F)(F)F)nc2c1cnn2C1CCCC1. The Balaban J connectivity index is 1.76. The third kappa shape index (κ3) is 3.00. The van der Waals surface area contributed by atoms with E-state index in [2.05, 4.69) is 15.1 Å². The molecule has 3 aromatic rings. The van der Waals surface area contributed by atoms with Crippen molar-refractivity contribution in [3.05, 3.63) is 57.8 Å². The lowest BCUT2D eigenvalue weighted by Gasteiger charge is -2.13. The second-order valence-corrected chi connectivity index (χ2v) is 6.61. The van der Waals surface area contributed by atoms with E-state index in [1.54, 1.807) is 10.7 Å². The second kappa shape index (κ2) is 6.26. The minimum atomic E-state index is -4.45. The molecular formula is C18H17F3N4O. The molecule has 1 aliphatic rings. The summed E-state index contributed by atoms with van der Waals surface area (Å²) < 4.78 is 41.3. The fourth-order valence-electron chi connectivity index (χ4n) is 3.61. The first kappa shape index (κ1) is 16.8. The van der Waals surface area contributed by atoms with Crippen LogP contribution in [0, 0.1) is 0 Å². The van der Waals surface area contributed by atoms with Crippen molar-refractivity contribution in [1.29, 1.82) is 0 Å². The number of fused-ring (bicyclic) bond motifs is 1. The summed E-state index contributed by atoms with van der Waals surface area (Å²) in [5.74, 6) is 0.207. The van der Waals surface area contributed by atoms with E-state index in [1.807, 2.05) is 0 Å². The number of alkyl halides is 3.